The molecule has 3 rings (SSSR count). The monoisotopic (exact) mass is 349 g/mol. The number of rotatable bonds is 6. The van der Waals surface area contributed by atoms with Crippen LogP contribution in [0.25, 0.3) is 0 Å². The zero-order chi connectivity index (χ0) is 17.5. The van der Waals surface area contributed by atoms with Gasteiger partial charge in [0.1, 0.15) is 0 Å². The van der Waals surface area contributed by atoms with E-state index in [2.05, 4.69) is 22.7 Å². The molecule has 124 valence electrons. The number of nitrogens with zero attached hydrogens (tertiary/aromatic N) is 2. The first-order chi connectivity index (χ1) is 12.2. The highest BCUT2D eigenvalue weighted by atomic mass is 32.2. The summed E-state index contributed by atoms with van der Waals surface area (Å²) in [6.45, 7) is 0. The van der Waals surface area contributed by atoms with Gasteiger partial charge in [-0.3, -0.25) is 15.5 Å². The fourth-order valence-electron chi connectivity index (χ4n) is 2.09. The molecular weight excluding hydrogens is 334 g/mol. The van der Waals surface area contributed by atoms with E-state index < -0.39 is 4.92 Å². The molecule has 1 N–H and O–H groups in total. The van der Waals surface area contributed by atoms with Crippen molar-refractivity contribution in [3.63, 3.8) is 0 Å². The lowest BCUT2D eigenvalue weighted by atomic mass is 10.2. The van der Waals surface area contributed by atoms with Gasteiger partial charge in [-0.2, -0.15) is 5.10 Å². The topological polar surface area (TPSA) is 67.5 Å². The Hall–Kier alpha value is -3.12. The highest BCUT2D eigenvalue weighted by Crippen LogP contribution is 2.27. The number of anilines is 1. The summed E-state index contributed by atoms with van der Waals surface area (Å²) in [5.74, 6) is 0. The maximum Gasteiger partial charge on any atom is 0.269 e. The van der Waals surface area contributed by atoms with Crippen LogP contribution in [0, 0.1) is 10.1 Å². The largest absolute Gasteiger partial charge is 0.278 e. The predicted molar refractivity (Wildman–Crippen MR) is 101 cm³/mol. The molecule has 0 saturated carbocycles. The molecule has 0 atom stereocenters. The molecule has 0 spiro atoms. The Balaban J connectivity index is 1.57. The van der Waals surface area contributed by atoms with E-state index in [1.165, 1.54) is 17.0 Å². The van der Waals surface area contributed by atoms with E-state index in [9.17, 15) is 10.1 Å². The van der Waals surface area contributed by atoms with Gasteiger partial charge in [0.05, 0.1) is 16.8 Å². The number of hydrazone groups is 1. The molecule has 0 fully saturated rings. The third-order valence-electron chi connectivity index (χ3n) is 3.34. The van der Waals surface area contributed by atoms with Crippen molar-refractivity contribution in [3.05, 3.63) is 94.5 Å². The Morgan fingerprint density at radius 2 is 1.52 bits per heavy atom. The van der Waals surface area contributed by atoms with Crippen LogP contribution in [-0.2, 0) is 0 Å². The Bertz CT molecular complexity index is 863. The van der Waals surface area contributed by atoms with Crippen LogP contribution in [0.4, 0.5) is 11.4 Å². The van der Waals surface area contributed by atoms with Crippen molar-refractivity contribution in [2.45, 2.75) is 9.79 Å². The number of non-ortho nitro benzene ring substituents is 1. The van der Waals surface area contributed by atoms with Crippen LogP contribution < -0.4 is 5.43 Å². The number of nitro groups is 1. The zero-order valence-electron chi connectivity index (χ0n) is 13.2. The molecule has 0 radical (unpaired) electrons. The summed E-state index contributed by atoms with van der Waals surface area (Å²) in [5.41, 5.74) is 4.57. The first kappa shape index (κ1) is 16.7. The summed E-state index contributed by atoms with van der Waals surface area (Å²) in [5, 5.41) is 14.8. The fourth-order valence-corrected chi connectivity index (χ4v) is 2.92. The van der Waals surface area contributed by atoms with Crippen molar-refractivity contribution in [1.29, 1.82) is 0 Å². The lowest BCUT2D eigenvalue weighted by molar-refractivity contribution is -0.384. The van der Waals surface area contributed by atoms with Gasteiger partial charge in [0, 0.05) is 21.9 Å². The summed E-state index contributed by atoms with van der Waals surface area (Å²) < 4.78 is 0. The minimum atomic E-state index is -0.429. The van der Waals surface area contributed by atoms with Gasteiger partial charge in [-0.25, -0.2) is 0 Å². The molecule has 0 aliphatic carbocycles. The van der Waals surface area contributed by atoms with Gasteiger partial charge in [0.25, 0.3) is 5.69 Å². The predicted octanol–water partition coefficient (Wildman–Crippen LogP) is 5.19. The molecule has 0 bridgehead atoms. The van der Waals surface area contributed by atoms with Crippen LogP contribution in [0.2, 0.25) is 0 Å². The van der Waals surface area contributed by atoms with Crippen molar-refractivity contribution in [1.82, 2.24) is 0 Å². The molecule has 5 nitrogen and oxygen atoms in total. The number of hydrogen-bond acceptors (Lipinski definition) is 5. The van der Waals surface area contributed by atoms with Crippen molar-refractivity contribution in [2.75, 3.05) is 5.43 Å². The molecule has 0 heterocycles. The molecule has 0 aliphatic heterocycles. The van der Waals surface area contributed by atoms with Gasteiger partial charge in [-0.15, -0.1) is 0 Å². The highest BCUT2D eigenvalue weighted by Gasteiger charge is 2.02. The Morgan fingerprint density at radius 3 is 2.16 bits per heavy atom. The SMILES string of the molecule is O=[N+]([O-])c1ccc(N/N=C/c2ccc(Sc3ccccc3)cc2)cc1. The van der Waals surface area contributed by atoms with E-state index in [0.29, 0.717) is 5.69 Å². The quantitative estimate of drug-likeness (QED) is 0.378. The Labute approximate surface area is 149 Å². The molecule has 3 aromatic rings. The average molecular weight is 349 g/mol. The standard InChI is InChI=1S/C19H15N3O2S/c23-22(24)17-10-8-16(9-11-17)21-20-14-15-6-12-19(13-7-15)25-18-4-2-1-3-5-18/h1-14,21H/b20-14+. The average Bonchev–Trinajstić information content (AvgIpc) is 2.64. The third kappa shape index (κ3) is 4.92. The molecule has 0 amide bonds. The first-order valence-corrected chi connectivity index (χ1v) is 8.39. The molecular formula is C19H15N3O2S. The molecule has 0 saturated heterocycles. The van der Waals surface area contributed by atoms with Gasteiger partial charge < -0.3 is 0 Å². The smallest absolute Gasteiger partial charge is 0.269 e. The van der Waals surface area contributed by atoms with Crippen LogP contribution >= 0.6 is 11.8 Å². The van der Waals surface area contributed by atoms with Gasteiger partial charge in [0.15, 0.2) is 0 Å². The summed E-state index contributed by atoms with van der Waals surface area (Å²) >= 11 is 1.71. The second-order valence-corrected chi connectivity index (χ2v) is 6.31. The maximum absolute atomic E-state index is 10.6. The molecule has 0 aliphatic rings. The summed E-state index contributed by atoms with van der Waals surface area (Å²) in [4.78, 5) is 12.5. The molecule has 0 aromatic heterocycles. The van der Waals surface area contributed by atoms with E-state index in [1.54, 1.807) is 30.1 Å². The van der Waals surface area contributed by atoms with E-state index in [0.717, 1.165) is 10.5 Å². The number of nitro benzene ring substituents is 1. The second-order valence-electron chi connectivity index (χ2n) is 5.16. The third-order valence-corrected chi connectivity index (χ3v) is 4.36. The van der Waals surface area contributed by atoms with Crippen molar-refractivity contribution in [3.8, 4) is 0 Å². The number of nitrogens with one attached hydrogen (secondary N) is 1. The minimum absolute atomic E-state index is 0.0565. The van der Waals surface area contributed by atoms with E-state index >= 15 is 0 Å². The Morgan fingerprint density at radius 1 is 0.880 bits per heavy atom. The van der Waals surface area contributed by atoms with Gasteiger partial charge >= 0.3 is 0 Å². The van der Waals surface area contributed by atoms with Crippen LogP contribution in [0.15, 0.2) is 93.8 Å². The van der Waals surface area contributed by atoms with E-state index in [-0.39, 0.29) is 5.69 Å². The Kier molecular flexibility index (Phi) is 5.43. The maximum atomic E-state index is 10.6. The number of benzene rings is 3. The van der Waals surface area contributed by atoms with Gasteiger partial charge in [-0.1, -0.05) is 42.1 Å². The van der Waals surface area contributed by atoms with Gasteiger partial charge in [-0.05, 0) is 42.0 Å². The van der Waals surface area contributed by atoms with Crippen LogP contribution in [0.5, 0.6) is 0 Å². The number of hydrogen-bond donors (Lipinski definition) is 1. The molecule has 25 heavy (non-hydrogen) atoms. The van der Waals surface area contributed by atoms with Crippen molar-refractivity contribution < 1.29 is 4.92 Å². The zero-order valence-corrected chi connectivity index (χ0v) is 14.0. The van der Waals surface area contributed by atoms with E-state index in [4.69, 9.17) is 0 Å². The summed E-state index contributed by atoms with van der Waals surface area (Å²) in [6, 6.07) is 24.4. The van der Waals surface area contributed by atoms with Crippen LogP contribution in [0.1, 0.15) is 5.56 Å². The van der Waals surface area contributed by atoms with Crippen LogP contribution in [-0.4, -0.2) is 11.1 Å². The molecule has 0 unspecified atom stereocenters. The lowest BCUT2D eigenvalue weighted by Crippen LogP contribution is -1.92. The van der Waals surface area contributed by atoms with Crippen molar-refractivity contribution in [2.24, 2.45) is 5.10 Å². The summed E-state index contributed by atoms with van der Waals surface area (Å²) in [7, 11) is 0. The van der Waals surface area contributed by atoms with Crippen molar-refractivity contribution >= 4 is 29.4 Å². The molecule has 6 heteroatoms. The minimum Gasteiger partial charge on any atom is -0.278 e. The normalized spacial score (nSPS) is 10.7. The first-order valence-electron chi connectivity index (χ1n) is 7.57. The fraction of sp³-hybridized carbons (Fsp3) is 0. The van der Waals surface area contributed by atoms with E-state index in [1.807, 2.05) is 42.5 Å². The lowest BCUT2D eigenvalue weighted by Gasteiger charge is -2.02. The second kappa shape index (κ2) is 8.12. The highest BCUT2D eigenvalue weighted by molar-refractivity contribution is 7.99. The molecule has 3 aromatic carbocycles. The van der Waals surface area contributed by atoms with Gasteiger partial charge in [0.2, 0.25) is 0 Å². The summed E-state index contributed by atoms with van der Waals surface area (Å²) in [6.07, 6.45) is 1.71. The van der Waals surface area contributed by atoms with Crippen LogP contribution in [0.3, 0.4) is 0 Å².